The summed E-state index contributed by atoms with van der Waals surface area (Å²) in [7, 11) is 0. The van der Waals surface area contributed by atoms with Crippen LogP contribution < -0.4 is 5.32 Å². The van der Waals surface area contributed by atoms with Crippen molar-refractivity contribution >= 4 is 23.3 Å². The molecule has 0 aliphatic rings. The van der Waals surface area contributed by atoms with Crippen molar-refractivity contribution < 1.29 is 32.7 Å². The highest BCUT2D eigenvalue weighted by molar-refractivity contribution is 6.10. The van der Waals surface area contributed by atoms with Crippen molar-refractivity contribution in [2.75, 3.05) is 5.32 Å². The van der Waals surface area contributed by atoms with Gasteiger partial charge < -0.3 is 10.4 Å². The number of benzene rings is 1. The van der Waals surface area contributed by atoms with Crippen LogP contribution in [-0.4, -0.2) is 22.8 Å². The molecule has 0 saturated heterocycles. The lowest BCUT2D eigenvalue weighted by Gasteiger charge is -2.16. The van der Waals surface area contributed by atoms with Crippen LogP contribution in [-0.2, 0) is 15.8 Å². The van der Waals surface area contributed by atoms with Crippen LogP contribution in [0.3, 0.4) is 0 Å². The van der Waals surface area contributed by atoms with Gasteiger partial charge in [0.1, 0.15) is 6.42 Å². The standard InChI is InChI=1S/C12H10F3NO4/c1-6(17)16-11-7(9(18)5-10(19)20)3-2-4-8(11)12(13,14)15/h2-4H,5H2,1H3,(H,16,17)(H,19,20). The largest absolute Gasteiger partial charge is 0.481 e. The molecule has 0 bridgehead atoms. The van der Waals surface area contributed by atoms with Gasteiger partial charge >= 0.3 is 12.1 Å². The molecule has 0 heterocycles. The molecule has 0 radical (unpaired) electrons. The van der Waals surface area contributed by atoms with Crippen LogP contribution in [0.5, 0.6) is 0 Å². The Labute approximate surface area is 111 Å². The van der Waals surface area contributed by atoms with E-state index in [0.717, 1.165) is 19.1 Å². The molecule has 0 spiro atoms. The van der Waals surface area contributed by atoms with Crippen molar-refractivity contribution in [3.63, 3.8) is 0 Å². The zero-order valence-corrected chi connectivity index (χ0v) is 10.2. The number of aliphatic carboxylic acids is 1. The van der Waals surface area contributed by atoms with E-state index in [1.807, 2.05) is 5.32 Å². The van der Waals surface area contributed by atoms with Crippen LogP contribution in [0.2, 0.25) is 0 Å². The maximum atomic E-state index is 12.8. The number of carboxylic acid groups (broad SMARTS) is 1. The molecule has 0 saturated carbocycles. The molecular weight excluding hydrogens is 279 g/mol. The number of carbonyl (C=O) groups excluding carboxylic acids is 2. The first kappa shape index (κ1) is 15.7. The van der Waals surface area contributed by atoms with Gasteiger partial charge in [-0.3, -0.25) is 14.4 Å². The Morgan fingerprint density at radius 2 is 1.85 bits per heavy atom. The van der Waals surface area contributed by atoms with Crippen molar-refractivity contribution in [2.24, 2.45) is 0 Å². The van der Waals surface area contributed by atoms with E-state index >= 15 is 0 Å². The zero-order chi connectivity index (χ0) is 15.5. The Morgan fingerprint density at radius 3 is 2.30 bits per heavy atom. The third-order valence-electron chi connectivity index (χ3n) is 2.28. The summed E-state index contributed by atoms with van der Waals surface area (Å²) in [5.41, 5.74) is -2.42. The predicted octanol–water partition coefficient (Wildman–Crippen LogP) is 2.32. The highest BCUT2D eigenvalue weighted by Gasteiger charge is 2.35. The van der Waals surface area contributed by atoms with E-state index in [2.05, 4.69) is 0 Å². The molecule has 2 N–H and O–H groups in total. The fraction of sp³-hybridized carbons (Fsp3) is 0.250. The van der Waals surface area contributed by atoms with Gasteiger partial charge in [0.2, 0.25) is 5.91 Å². The fourth-order valence-corrected chi connectivity index (χ4v) is 1.56. The summed E-state index contributed by atoms with van der Waals surface area (Å²) in [6.45, 7) is 0.985. The van der Waals surface area contributed by atoms with Crippen LogP contribution >= 0.6 is 0 Å². The second-order valence-electron chi connectivity index (χ2n) is 3.90. The van der Waals surface area contributed by atoms with E-state index in [4.69, 9.17) is 5.11 Å². The number of carboxylic acids is 1. The number of Topliss-reactive ketones (excluding diaryl/α,β-unsaturated/α-hetero) is 1. The van der Waals surface area contributed by atoms with Gasteiger partial charge in [0.25, 0.3) is 0 Å². The molecule has 20 heavy (non-hydrogen) atoms. The number of amides is 1. The molecule has 108 valence electrons. The second kappa shape index (κ2) is 5.72. The average Bonchev–Trinajstić information content (AvgIpc) is 2.25. The van der Waals surface area contributed by atoms with Crippen molar-refractivity contribution in [1.82, 2.24) is 0 Å². The summed E-state index contributed by atoms with van der Waals surface area (Å²) in [6, 6.07) is 2.71. The lowest BCUT2D eigenvalue weighted by Crippen LogP contribution is -2.18. The lowest BCUT2D eigenvalue weighted by molar-refractivity contribution is -0.137. The van der Waals surface area contributed by atoms with Gasteiger partial charge in [-0.25, -0.2) is 0 Å². The number of hydrogen-bond acceptors (Lipinski definition) is 3. The van der Waals surface area contributed by atoms with Gasteiger partial charge in [-0.2, -0.15) is 13.2 Å². The van der Waals surface area contributed by atoms with Gasteiger partial charge in [0.15, 0.2) is 5.78 Å². The van der Waals surface area contributed by atoms with Gasteiger partial charge in [-0.1, -0.05) is 6.07 Å². The zero-order valence-electron chi connectivity index (χ0n) is 10.2. The van der Waals surface area contributed by atoms with Crippen LogP contribution in [0.15, 0.2) is 18.2 Å². The first-order valence-corrected chi connectivity index (χ1v) is 5.35. The number of alkyl halides is 3. The smallest absolute Gasteiger partial charge is 0.418 e. The monoisotopic (exact) mass is 289 g/mol. The van der Waals surface area contributed by atoms with Crippen molar-refractivity contribution in [3.8, 4) is 0 Å². The number of ketones is 1. The summed E-state index contributed by atoms with van der Waals surface area (Å²) < 4.78 is 38.5. The van der Waals surface area contributed by atoms with Gasteiger partial charge in [0, 0.05) is 12.5 Å². The minimum atomic E-state index is -4.78. The number of nitrogens with one attached hydrogen (secondary N) is 1. The average molecular weight is 289 g/mol. The quantitative estimate of drug-likeness (QED) is 0.658. The number of hydrogen-bond donors (Lipinski definition) is 2. The topological polar surface area (TPSA) is 83.5 Å². The first-order chi connectivity index (χ1) is 9.12. The predicted molar refractivity (Wildman–Crippen MR) is 62.3 cm³/mol. The molecule has 0 atom stereocenters. The Kier molecular flexibility index (Phi) is 4.49. The SMILES string of the molecule is CC(=O)Nc1c(C(=O)CC(=O)O)cccc1C(F)(F)F. The second-order valence-corrected chi connectivity index (χ2v) is 3.90. The minimum absolute atomic E-state index is 0.488. The molecule has 5 nitrogen and oxygen atoms in total. The van der Waals surface area contributed by atoms with E-state index < -0.39 is 47.1 Å². The minimum Gasteiger partial charge on any atom is -0.481 e. The first-order valence-electron chi connectivity index (χ1n) is 5.35. The molecule has 1 aromatic rings. The van der Waals surface area contributed by atoms with Gasteiger partial charge in [0.05, 0.1) is 11.3 Å². The third-order valence-corrected chi connectivity index (χ3v) is 2.28. The fourth-order valence-electron chi connectivity index (χ4n) is 1.56. The molecule has 0 unspecified atom stereocenters. The molecule has 8 heteroatoms. The van der Waals surface area contributed by atoms with Gasteiger partial charge in [-0.15, -0.1) is 0 Å². The summed E-state index contributed by atoms with van der Waals surface area (Å²) in [5.74, 6) is -3.29. The Hall–Kier alpha value is -2.38. The van der Waals surface area contributed by atoms with Crippen LogP contribution in [0, 0.1) is 0 Å². The van der Waals surface area contributed by atoms with E-state index in [0.29, 0.717) is 6.07 Å². The Balaban J connectivity index is 3.40. The molecule has 1 amide bonds. The number of rotatable bonds is 4. The highest BCUT2D eigenvalue weighted by Crippen LogP contribution is 2.37. The summed E-state index contributed by atoms with van der Waals surface area (Å²) in [6.07, 6.45) is -5.74. The normalized spacial score (nSPS) is 11.0. The summed E-state index contributed by atoms with van der Waals surface area (Å²) >= 11 is 0. The molecule has 1 aromatic carbocycles. The number of halogens is 3. The van der Waals surface area contributed by atoms with E-state index in [-0.39, 0.29) is 0 Å². The van der Waals surface area contributed by atoms with Crippen LogP contribution in [0.25, 0.3) is 0 Å². The molecule has 0 aliphatic carbocycles. The van der Waals surface area contributed by atoms with Crippen molar-refractivity contribution in [2.45, 2.75) is 19.5 Å². The van der Waals surface area contributed by atoms with Crippen molar-refractivity contribution in [1.29, 1.82) is 0 Å². The number of carbonyl (C=O) groups is 3. The third kappa shape index (κ3) is 3.81. The summed E-state index contributed by atoms with van der Waals surface area (Å²) in [5, 5.41) is 10.4. The number of anilines is 1. The molecule has 0 fully saturated rings. The van der Waals surface area contributed by atoms with Crippen LogP contribution in [0.1, 0.15) is 29.3 Å². The molecule has 0 aliphatic heterocycles. The molecule has 1 rings (SSSR count). The van der Waals surface area contributed by atoms with E-state index in [1.165, 1.54) is 0 Å². The van der Waals surface area contributed by atoms with E-state index in [1.54, 1.807) is 0 Å². The Morgan fingerprint density at radius 1 is 1.25 bits per heavy atom. The van der Waals surface area contributed by atoms with Crippen molar-refractivity contribution in [3.05, 3.63) is 29.3 Å². The Bertz CT molecular complexity index is 566. The molecule has 0 aromatic heterocycles. The lowest BCUT2D eigenvalue weighted by atomic mass is 10.0. The number of para-hydroxylation sites is 1. The van der Waals surface area contributed by atoms with Gasteiger partial charge in [-0.05, 0) is 12.1 Å². The highest BCUT2D eigenvalue weighted by atomic mass is 19.4. The van der Waals surface area contributed by atoms with E-state index in [9.17, 15) is 27.6 Å². The molecular formula is C12H10F3NO4. The summed E-state index contributed by atoms with van der Waals surface area (Å²) in [4.78, 5) is 33.1. The van der Waals surface area contributed by atoms with Crippen LogP contribution in [0.4, 0.5) is 18.9 Å². The maximum Gasteiger partial charge on any atom is 0.418 e. The maximum absolute atomic E-state index is 12.8.